The minimum Gasteiger partial charge on any atom is -0.451 e. The third-order valence-corrected chi connectivity index (χ3v) is 2.19. The number of esters is 1. The lowest BCUT2D eigenvalue weighted by molar-refractivity contribution is -0.144. The fraction of sp³-hybridized carbons (Fsp3) is 0.500. The second-order valence-electron chi connectivity index (χ2n) is 3.39. The van der Waals surface area contributed by atoms with Crippen LogP contribution in [0, 0.1) is 0 Å². The normalized spacial score (nSPS) is 22.1. The van der Waals surface area contributed by atoms with Crippen molar-refractivity contribution in [3.8, 4) is 0 Å². The lowest BCUT2D eigenvalue weighted by Gasteiger charge is -2.17. The van der Waals surface area contributed by atoms with E-state index in [0.717, 1.165) is 0 Å². The van der Waals surface area contributed by atoms with Crippen LogP contribution in [0.5, 0.6) is 0 Å². The van der Waals surface area contributed by atoms with Crippen LogP contribution in [0.4, 0.5) is 0 Å². The van der Waals surface area contributed by atoms with E-state index in [0.29, 0.717) is 5.57 Å². The van der Waals surface area contributed by atoms with E-state index in [1.807, 2.05) is 0 Å². The molecule has 0 saturated heterocycles. The van der Waals surface area contributed by atoms with Gasteiger partial charge < -0.3 is 15.7 Å². The van der Waals surface area contributed by atoms with E-state index in [1.54, 1.807) is 20.8 Å². The van der Waals surface area contributed by atoms with Gasteiger partial charge in [-0.3, -0.25) is 0 Å². The van der Waals surface area contributed by atoms with Gasteiger partial charge in [-0.15, -0.1) is 0 Å². The lowest BCUT2D eigenvalue weighted by Crippen LogP contribution is -2.21. The van der Waals surface area contributed by atoms with Crippen LogP contribution in [0.2, 0.25) is 0 Å². The summed E-state index contributed by atoms with van der Waals surface area (Å²) in [6, 6.07) is 0. The molecule has 0 bridgehead atoms. The van der Waals surface area contributed by atoms with Gasteiger partial charge in [0.15, 0.2) is 5.84 Å². The smallest absolute Gasteiger partial charge is 0.342 e. The van der Waals surface area contributed by atoms with Crippen molar-refractivity contribution in [3.05, 3.63) is 11.1 Å². The van der Waals surface area contributed by atoms with E-state index < -0.39 is 11.6 Å². The monoisotopic (exact) mass is 184 g/mol. The van der Waals surface area contributed by atoms with E-state index >= 15 is 0 Å². The maximum absolute atomic E-state index is 11.2. The molecule has 0 aromatic carbocycles. The molecule has 0 radical (unpaired) electrons. The zero-order chi connectivity index (χ0) is 10.2. The predicted molar refractivity (Wildman–Crippen MR) is 46.3 cm³/mol. The highest BCUT2D eigenvalue weighted by molar-refractivity contribution is 6.20. The maximum atomic E-state index is 11.2. The first-order valence-corrected chi connectivity index (χ1v) is 3.82. The van der Waals surface area contributed by atoms with Crippen molar-refractivity contribution in [2.75, 3.05) is 0 Å². The summed E-state index contributed by atoms with van der Waals surface area (Å²) in [4.78, 5) is 11.2. The van der Waals surface area contributed by atoms with Gasteiger partial charge in [-0.05, 0) is 26.3 Å². The van der Waals surface area contributed by atoms with Gasteiger partial charge in [-0.25, -0.2) is 4.79 Å². The van der Waals surface area contributed by atoms with Crippen molar-refractivity contribution >= 4 is 11.8 Å². The number of carbonyl (C=O) groups is 1. The van der Waals surface area contributed by atoms with Gasteiger partial charge >= 0.3 is 5.97 Å². The van der Waals surface area contributed by atoms with E-state index in [-0.39, 0.29) is 11.4 Å². The fourth-order valence-corrected chi connectivity index (χ4v) is 1.16. The molecule has 0 atom stereocenters. The Labute approximate surface area is 75.9 Å². The molecule has 1 aliphatic rings. The Morgan fingerprint density at radius 1 is 1.62 bits per heavy atom. The van der Waals surface area contributed by atoms with Crippen LogP contribution in [0.15, 0.2) is 16.3 Å². The van der Waals surface area contributed by atoms with Crippen LogP contribution >= 0.6 is 0 Å². The second kappa shape index (κ2) is 2.76. The van der Waals surface area contributed by atoms with Crippen molar-refractivity contribution in [2.24, 2.45) is 10.9 Å². The van der Waals surface area contributed by atoms with Crippen LogP contribution in [-0.2, 0) is 9.53 Å². The SMILES string of the molecule is CC1=C(/C(N)=N/O)C(=O)OC1(C)C. The van der Waals surface area contributed by atoms with Crippen LogP contribution in [0.1, 0.15) is 20.8 Å². The Balaban J connectivity index is 3.22. The van der Waals surface area contributed by atoms with Crippen LogP contribution < -0.4 is 5.73 Å². The number of ether oxygens (including phenoxy) is 1. The third-order valence-electron chi connectivity index (χ3n) is 2.19. The van der Waals surface area contributed by atoms with Crippen LogP contribution in [0.3, 0.4) is 0 Å². The summed E-state index contributed by atoms with van der Waals surface area (Å²) < 4.78 is 5.01. The molecule has 3 N–H and O–H groups in total. The molecular formula is C8H12N2O3. The number of rotatable bonds is 1. The topological polar surface area (TPSA) is 84.9 Å². The van der Waals surface area contributed by atoms with E-state index in [1.165, 1.54) is 0 Å². The molecule has 1 aliphatic heterocycles. The van der Waals surface area contributed by atoms with Gasteiger partial charge in [-0.2, -0.15) is 0 Å². The van der Waals surface area contributed by atoms with Crippen LogP contribution in [0.25, 0.3) is 0 Å². The molecule has 0 aromatic heterocycles. The molecule has 0 unspecified atom stereocenters. The summed E-state index contributed by atoms with van der Waals surface area (Å²) >= 11 is 0. The Morgan fingerprint density at radius 3 is 2.46 bits per heavy atom. The summed E-state index contributed by atoms with van der Waals surface area (Å²) in [5.41, 5.74) is 5.49. The summed E-state index contributed by atoms with van der Waals surface area (Å²) in [5.74, 6) is -0.745. The van der Waals surface area contributed by atoms with Gasteiger partial charge in [0.1, 0.15) is 11.2 Å². The van der Waals surface area contributed by atoms with Crippen molar-refractivity contribution in [2.45, 2.75) is 26.4 Å². The largest absolute Gasteiger partial charge is 0.451 e. The molecule has 0 fully saturated rings. The lowest BCUT2D eigenvalue weighted by atomic mass is 9.97. The molecule has 0 amide bonds. The second-order valence-corrected chi connectivity index (χ2v) is 3.39. The van der Waals surface area contributed by atoms with E-state index in [2.05, 4.69) is 5.16 Å². The average Bonchev–Trinajstić information content (AvgIpc) is 2.21. The van der Waals surface area contributed by atoms with Crippen LogP contribution in [-0.4, -0.2) is 22.6 Å². The molecule has 0 aliphatic carbocycles. The van der Waals surface area contributed by atoms with E-state index in [9.17, 15) is 4.79 Å². The molecule has 0 aromatic rings. The first-order valence-electron chi connectivity index (χ1n) is 3.82. The van der Waals surface area contributed by atoms with Crippen molar-refractivity contribution in [1.82, 2.24) is 0 Å². The number of oxime groups is 1. The van der Waals surface area contributed by atoms with E-state index in [4.69, 9.17) is 15.7 Å². The number of hydrogen-bond acceptors (Lipinski definition) is 4. The third kappa shape index (κ3) is 1.37. The first-order chi connectivity index (χ1) is 5.90. The molecule has 5 heteroatoms. The highest BCUT2D eigenvalue weighted by atomic mass is 16.6. The molecule has 1 rings (SSSR count). The first kappa shape index (κ1) is 9.57. The summed E-state index contributed by atoms with van der Waals surface area (Å²) in [7, 11) is 0. The van der Waals surface area contributed by atoms with Gasteiger partial charge in [0.25, 0.3) is 0 Å². The van der Waals surface area contributed by atoms with Gasteiger partial charge in [-0.1, -0.05) is 5.16 Å². The average molecular weight is 184 g/mol. The number of amidine groups is 1. The maximum Gasteiger partial charge on any atom is 0.342 e. The molecule has 5 nitrogen and oxygen atoms in total. The molecular weight excluding hydrogens is 172 g/mol. The number of cyclic esters (lactones) is 1. The summed E-state index contributed by atoms with van der Waals surface area (Å²) in [6.45, 7) is 5.22. The number of carbonyl (C=O) groups excluding carboxylic acids is 1. The number of hydrogen-bond donors (Lipinski definition) is 2. The fourth-order valence-electron chi connectivity index (χ4n) is 1.16. The van der Waals surface area contributed by atoms with Crippen molar-refractivity contribution < 1.29 is 14.7 Å². The predicted octanol–water partition coefficient (Wildman–Crippen LogP) is 0.385. The molecule has 0 spiro atoms. The molecule has 72 valence electrons. The Hall–Kier alpha value is -1.52. The summed E-state index contributed by atoms with van der Waals surface area (Å²) in [6.07, 6.45) is 0. The Bertz CT molecular complexity index is 315. The minimum atomic E-state index is -0.665. The minimum absolute atomic E-state index is 0.160. The number of nitrogens with two attached hydrogens (primary N) is 1. The Kier molecular flexibility index (Phi) is 2.03. The van der Waals surface area contributed by atoms with Gasteiger partial charge in [0.05, 0.1) is 0 Å². The molecule has 13 heavy (non-hydrogen) atoms. The zero-order valence-electron chi connectivity index (χ0n) is 7.79. The molecule has 0 saturated carbocycles. The summed E-state index contributed by atoms with van der Waals surface area (Å²) in [5, 5.41) is 11.2. The highest BCUT2D eigenvalue weighted by Crippen LogP contribution is 2.31. The van der Waals surface area contributed by atoms with Gasteiger partial charge in [0, 0.05) is 0 Å². The van der Waals surface area contributed by atoms with Gasteiger partial charge in [0.2, 0.25) is 0 Å². The zero-order valence-corrected chi connectivity index (χ0v) is 7.79. The van der Waals surface area contributed by atoms with Crippen molar-refractivity contribution in [1.29, 1.82) is 0 Å². The number of nitrogens with zero attached hydrogens (tertiary/aromatic N) is 1. The quantitative estimate of drug-likeness (QED) is 0.203. The van der Waals surface area contributed by atoms with Crippen molar-refractivity contribution in [3.63, 3.8) is 0 Å². The standard InChI is InChI=1S/C8H12N2O3/c1-4-5(6(9)10-12)7(11)13-8(4,2)3/h12H,1-3H3,(H2,9,10). The highest BCUT2D eigenvalue weighted by Gasteiger charge is 2.39. The Morgan fingerprint density at radius 2 is 2.15 bits per heavy atom. The molecule has 1 heterocycles.